The van der Waals surface area contributed by atoms with Crippen molar-refractivity contribution in [1.29, 1.82) is 0 Å². The number of hydrogen-bond acceptors (Lipinski definition) is 6. The fourth-order valence-corrected chi connectivity index (χ4v) is 4.29. The first kappa shape index (κ1) is 27.4. The fourth-order valence-electron chi connectivity index (χ4n) is 4.29. The highest BCUT2D eigenvalue weighted by Crippen LogP contribution is 2.45. The summed E-state index contributed by atoms with van der Waals surface area (Å²) in [6, 6.07) is -0.0471. The lowest BCUT2D eigenvalue weighted by Gasteiger charge is -2.46. The molecule has 2 unspecified atom stereocenters. The largest absolute Gasteiger partial charge is 0.450 e. The Labute approximate surface area is 185 Å². The Morgan fingerprint density at radius 3 is 2.26 bits per heavy atom. The summed E-state index contributed by atoms with van der Waals surface area (Å²) in [4.78, 5) is 24.1. The zero-order valence-corrected chi connectivity index (χ0v) is 19.6. The molecule has 0 aliphatic heterocycles. The van der Waals surface area contributed by atoms with E-state index in [2.05, 4.69) is 31.4 Å². The highest BCUT2D eigenvalue weighted by molar-refractivity contribution is 5.68. The molecule has 1 rings (SSSR count). The van der Waals surface area contributed by atoms with E-state index in [9.17, 15) is 14.0 Å². The molecule has 9 heteroatoms. The van der Waals surface area contributed by atoms with Gasteiger partial charge in [0.2, 0.25) is 0 Å². The molecule has 0 radical (unpaired) electrons. The van der Waals surface area contributed by atoms with Crippen LogP contribution in [0.4, 0.5) is 14.0 Å². The summed E-state index contributed by atoms with van der Waals surface area (Å²) in [7, 11) is 0. The summed E-state index contributed by atoms with van der Waals surface area (Å²) in [5.41, 5.74) is -0.145. The molecule has 0 saturated heterocycles. The number of carbonyl (C=O) groups excluding carboxylic acids is 2. The van der Waals surface area contributed by atoms with Crippen LogP contribution in [0, 0.1) is 10.8 Å². The number of ether oxygens (including phenoxy) is 4. The minimum atomic E-state index is -0.514. The molecular weight excluding hydrogens is 407 g/mol. The van der Waals surface area contributed by atoms with E-state index in [4.69, 9.17) is 18.9 Å². The van der Waals surface area contributed by atoms with Crippen LogP contribution in [0.1, 0.15) is 59.8 Å². The molecular formula is C22H41FN2O6. The Kier molecular flexibility index (Phi) is 12.8. The predicted octanol–water partition coefficient (Wildman–Crippen LogP) is 3.83. The Bertz CT molecular complexity index is 534. The molecule has 0 aromatic carbocycles. The van der Waals surface area contributed by atoms with Gasteiger partial charge in [0.25, 0.3) is 0 Å². The minimum absolute atomic E-state index is 0.0153. The minimum Gasteiger partial charge on any atom is -0.450 e. The summed E-state index contributed by atoms with van der Waals surface area (Å²) in [5, 5.41) is 5.83. The number of nitrogens with one attached hydrogen (secondary N) is 2. The van der Waals surface area contributed by atoms with Gasteiger partial charge < -0.3 is 29.6 Å². The van der Waals surface area contributed by atoms with E-state index in [-0.39, 0.29) is 36.7 Å². The predicted molar refractivity (Wildman–Crippen MR) is 116 cm³/mol. The Morgan fingerprint density at radius 2 is 1.58 bits per heavy atom. The van der Waals surface area contributed by atoms with Crippen LogP contribution in [0.2, 0.25) is 0 Å². The Morgan fingerprint density at radius 1 is 0.935 bits per heavy atom. The van der Waals surface area contributed by atoms with Crippen LogP contribution in [-0.4, -0.2) is 71.1 Å². The van der Waals surface area contributed by atoms with E-state index in [1.807, 2.05) is 6.92 Å². The van der Waals surface area contributed by atoms with E-state index in [1.54, 1.807) is 0 Å². The number of alkyl carbamates (subject to hydrolysis) is 2. The fraction of sp³-hybridized carbons (Fsp3) is 0.909. The lowest BCUT2D eigenvalue weighted by Crippen LogP contribution is -2.50. The molecule has 2 atom stereocenters. The van der Waals surface area contributed by atoms with Gasteiger partial charge in [-0.05, 0) is 36.5 Å². The molecule has 2 N–H and O–H groups in total. The first-order valence-corrected chi connectivity index (χ1v) is 11.2. The smallest absolute Gasteiger partial charge is 0.407 e. The molecule has 0 aromatic rings. The first-order valence-electron chi connectivity index (χ1n) is 11.2. The van der Waals surface area contributed by atoms with Crippen LogP contribution in [0.15, 0.2) is 0 Å². The molecule has 0 aromatic heterocycles. The topological polar surface area (TPSA) is 95.1 Å². The molecule has 182 valence electrons. The molecule has 1 fully saturated rings. The summed E-state index contributed by atoms with van der Waals surface area (Å²) < 4.78 is 32.5. The van der Waals surface area contributed by atoms with Crippen LogP contribution >= 0.6 is 0 Å². The number of carbonyl (C=O) groups is 2. The SMILES string of the molecule is CCCCOC(=O)NCC1(C)CC(NC(=O)OCCOCCOCCF)CC(C)(C)C1. The van der Waals surface area contributed by atoms with Crippen molar-refractivity contribution < 1.29 is 32.9 Å². The molecule has 8 nitrogen and oxygen atoms in total. The van der Waals surface area contributed by atoms with Gasteiger partial charge in [0.1, 0.15) is 13.3 Å². The molecule has 2 amide bonds. The average Bonchev–Trinajstić information content (AvgIpc) is 2.67. The highest BCUT2D eigenvalue weighted by Gasteiger charge is 2.42. The van der Waals surface area contributed by atoms with E-state index in [0.717, 1.165) is 32.1 Å². The second kappa shape index (κ2) is 14.5. The van der Waals surface area contributed by atoms with Gasteiger partial charge in [0.05, 0.1) is 33.0 Å². The zero-order valence-electron chi connectivity index (χ0n) is 19.6. The second-order valence-electron chi connectivity index (χ2n) is 9.29. The third-order valence-corrected chi connectivity index (χ3v) is 5.21. The lowest BCUT2D eigenvalue weighted by atomic mass is 9.62. The van der Waals surface area contributed by atoms with Crippen molar-refractivity contribution in [3.8, 4) is 0 Å². The normalized spacial score (nSPS) is 22.5. The molecule has 31 heavy (non-hydrogen) atoms. The van der Waals surface area contributed by atoms with Gasteiger partial charge in [-0.3, -0.25) is 0 Å². The monoisotopic (exact) mass is 448 g/mol. The number of amides is 2. The Hall–Kier alpha value is -1.61. The maximum atomic E-state index is 12.2. The standard InChI is InChI=1S/C22H41FN2O6/c1-5-6-8-30-19(26)24-17-22(4)15-18(14-21(2,3)16-22)25-20(27)31-13-12-29-11-10-28-9-7-23/h18H,5-17H2,1-4H3,(H,24,26)(H,25,27). The molecule has 0 heterocycles. The summed E-state index contributed by atoms with van der Waals surface area (Å²) in [5.74, 6) is 0. The van der Waals surface area contributed by atoms with Gasteiger partial charge >= 0.3 is 12.2 Å². The maximum Gasteiger partial charge on any atom is 0.407 e. The van der Waals surface area contributed by atoms with Crippen LogP contribution < -0.4 is 10.6 Å². The van der Waals surface area contributed by atoms with Gasteiger partial charge in [-0.2, -0.15) is 0 Å². The van der Waals surface area contributed by atoms with Crippen molar-refractivity contribution in [1.82, 2.24) is 10.6 Å². The first-order chi connectivity index (χ1) is 14.7. The summed E-state index contributed by atoms with van der Waals surface area (Å²) in [6.45, 7) is 10.0. The molecule has 1 aliphatic rings. The van der Waals surface area contributed by atoms with Crippen molar-refractivity contribution in [3.63, 3.8) is 0 Å². The van der Waals surface area contributed by atoms with Gasteiger partial charge in [0.15, 0.2) is 0 Å². The lowest BCUT2D eigenvalue weighted by molar-refractivity contribution is 0.0224. The van der Waals surface area contributed by atoms with Gasteiger partial charge in [-0.1, -0.05) is 34.1 Å². The number of alkyl halides is 1. The summed E-state index contributed by atoms with van der Waals surface area (Å²) >= 11 is 0. The number of hydrogen-bond donors (Lipinski definition) is 2. The Balaban J connectivity index is 2.36. The quantitative estimate of drug-likeness (QED) is 0.392. The second-order valence-corrected chi connectivity index (χ2v) is 9.29. The number of unbranched alkanes of at least 4 members (excludes halogenated alkanes) is 1. The van der Waals surface area contributed by atoms with Crippen LogP contribution in [0.5, 0.6) is 0 Å². The summed E-state index contributed by atoms with van der Waals surface area (Å²) in [6.07, 6.45) is 3.46. The third-order valence-electron chi connectivity index (χ3n) is 5.21. The van der Waals surface area contributed by atoms with Crippen LogP contribution in [0.25, 0.3) is 0 Å². The van der Waals surface area contributed by atoms with Gasteiger partial charge in [-0.25, -0.2) is 14.0 Å². The number of halogens is 1. The molecule has 0 bridgehead atoms. The van der Waals surface area contributed by atoms with E-state index < -0.39 is 18.9 Å². The van der Waals surface area contributed by atoms with E-state index in [0.29, 0.717) is 26.4 Å². The van der Waals surface area contributed by atoms with E-state index in [1.165, 1.54) is 0 Å². The molecule has 1 aliphatic carbocycles. The van der Waals surface area contributed by atoms with E-state index >= 15 is 0 Å². The third kappa shape index (κ3) is 12.7. The highest BCUT2D eigenvalue weighted by atomic mass is 19.1. The van der Waals surface area contributed by atoms with Crippen molar-refractivity contribution >= 4 is 12.2 Å². The molecule has 0 spiro atoms. The van der Waals surface area contributed by atoms with Crippen molar-refractivity contribution in [3.05, 3.63) is 0 Å². The van der Waals surface area contributed by atoms with Crippen LogP contribution in [-0.2, 0) is 18.9 Å². The van der Waals surface area contributed by atoms with Crippen molar-refractivity contribution in [2.24, 2.45) is 10.8 Å². The zero-order chi connectivity index (χ0) is 23.2. The molecule has 1 saturated carbocycles. The van der Waals surface area contributed by atoms with Crippen molar-refractivity contribution in [2.45, 2.75) is 65.8 Å². The van der Waals surface area contributed by atoms with Crippen LogP contribution in [0.3, 0.4) is 0 Å². The maximum absolute atomic E-state index is 12.2. The number of rotatable bonds is 14. The average molecular weight is 449 g/mol. The van der Waals surface area contributed by atoms with Crippen molar-refractivity contribution in [2.75, 3.05) is 52.9 Å². The van der Waals surface area contributed by atoms with Gasteiger partial charge in [-0.15, -0.1) is 0 Å². The van der Waals surface area contributed by atoms with Gasteiger partial charge in [0, 0.05) is 12.6 Å².